The van der Waals surface area contributed by atoms with Crippen LogP contribution in [0.25, 0.3) is 0 Å². The van der Waals surface area contributed by atoms with E-state index in [1.807, 2.05) is 20.8 Å². The Bertz CT molecular complexity index is 265. The number of ether oxygens (including phenoxy) is 1. The summed E-state index contributed by atoms with van der Waals surface area (Å²) in [4.78, 5) is 12.5. The molecule has 0 aliphatic rings. The van der Waals surface area contributed by atoms with Crippen LogP contribution in [0.4, 0.5) is 0 Å². The molecule has 0 aliphatic carbocycles. The highest BCUT2D eigenvalue weighted by atomic mass is 16.6. The molecule has 0 saturated carbocycles. The van der Waals surface area contributed by atoms with E-state index in [1.54, 1.807) is 0 Å². The molecule has 20 heavy (non-hydrogen) atoms. The average Bonchev–Trinajstić information content (AvgIpc) is 2.33. The van der Waals surface area contributed by atoms with Crippen LogP contribution in [0.15, 0.2) is 0 Å². The van der Waals surface area contributed by atoms with Gasteiger partial charge in [-0.2, -0.15) is 0 Å². The summed E-state index contributed by atoms with van der Waals surface area (Å²) in [6, 6.07) is 0. The first-order valence-electron chi connectivity index (χ1n) is 8.48. The first-order valence-corrected chi connectivity index (χ1v) is 8.48. The van der Waals surface area contributed by atoms with Gasteiger partial charge in [0.2, 0.25) is 0 Å². The molecule has 0 saturated heterocycles. The molecule has 0 aromatic heterocycles. The van der Waals surface area contributed by atoms with Gasteiger partial charge in [-0.15, -0.1) is 0 Å². The lowest BCUT2D eigenvalue weighted by molar-refractivity contribution is -0.167. The summed E-state index contributed by atoms with van der Waals surface area (Å²) in [5.74, 6) is -0.00222. The summed E-state index contributed by atoms with van der Waals surface area (Å²) in [7, 11) is 0. The molecule has 2 nitrogen and oxygen atoms in total. The maximum Gasteiger partial charge on any atom is 0.312 e. The smallest absolute Gasteiger partial charge is 0.312 e. The second-order valence-electron chi connectivity index (χ2n) is 7.33. The summed E-state index contributed by atoms with van der Waals surface area (Å²) in [6.07, 6.45) is 10.3. The minimum atomic E-state index is -0.382. The van der Waals surface area contributed by atoms with E-state index in [1.165, 1.54) is 32.1 Å². The van der Waals surface area contributed by atoms with E-state index < -0.39 is 0 Å². The second-order valence-corrected chi connectivity index (χ2v) is 7.33. The normalized spacial score (nSPS) is 14.9. The molecular weight excluding hydrogens is 248 g/mol. The average molecular weight is 284 g/mol. The molecule has 1 unspecified atom stereocenters. The molecule has 1 atom stereocenters. The van der Waals surface area contributed by atoms with Crippen molar-refractivity contribution in [3.8, 4) is 0 Å². The van der Waals surface area contributed by atoms with Crippen molar-refractivity contribution >= 4 is 5.97 Å². The zero-order valence-corrected chi connectivity index (χ0v) is 14.7. The third kappa shape index (κ3) is 8.60. The Morgan fingerprint density at radius 3 is 1.70 bits per heavy atom. The first kappa shape index (κ1) is 19.5. The minimum Gasteiger partial charge on any atom is -0.460 e. The lowest BCUT2D eigenvalue weighted by atomic mass is 9.79. The molecule has 0 heterocycles. The van der Waals surface area contributed by atoms with E-state index in [-0.39, 0.29) is 17.0 Å². The molecule has 0 N–H and O–H groups in total. The number of carbonyl (C=O) groups excluding carboxylic acids is 1. The molecule has 0 amide bonds. The van der Waals surface area contributed by atoms with Crippen LogP contribution in [-0.4, -0.2) is 11.6 Å². The molecule has 0 rings (SSSR count). The van der Waals surface area contributed by atoms with Gasteiger partial charge in [0, 0.05) is 0 Å². The summed E-state index contributed by atoms with van der Waals surface area (Å²) >= 11 is 0. The van der Waals surface area contributed by atoms with Gasteiger partial charge in [0.25, 0.3) is 0 Å². The largest absolute Gasteiger partial charge is 0.460 e. The van der Waals surface area contributed by atoms with Gasteiger partial charge in [-0.3, -0.25) is 4.79 Å². The molecule has 0 aliphatic heterocycles. The number of carbonyl (C=O) groups is 1. The summed E-state index contributed by atoms with van der Waals surface area (Å²) in [5, 5.41) is 0. The van der Waals surface area contributed by atoms with Crippen LogP contribution in [0.5, 0.6) is 0 Å². The quantitative estimate of drug-likeness (QED) is 0.369. The Kier molecular flexibility index (Phi) is 9.16. The van der Waals surface area contributed by atoms with Gasteiger partial charge in [-0.05, 0) is 40.5 Å². The van der Waals surface area contributed by atoms with E-state index in [0.29, 0.717) is 0 Å². The van der Waals surface area contributed by atoms with Gasteiger partial charge in [0.1, 0.15) is 5.60 Å². The molecule has 0 radical (unpaired) electrons. The van der Waals surface area contributed by atoms with Gasteiger partial charge >= 0.3 is 5.97 Å². The maximum atomic E-state index is 12.5. The van der Waals surface area contributed by atoms with Gasteiger partial charge in [-0.25, -0.2) is 0 Å². The van der Waals surface area contributed by atoms with Crippen LogP contribution in [-0.2, 0) is 9.53 Å². The van der Waals surface area contributed by atoms with Crippen LogP contribution in [0.1, 0.15) is 99.3 Å². The fourth-order valence-corrected chi connectivity index (χ4v) is 2.44. The van der Waals surface area contributed by atoms with E-state index in [0.717, 1.165) is 25.7 Å². The fraction of sp³-hybridized carbons (Fsp3) is 0.944. The van der Waals surface area contributed by atoms with Crippen molar-refractivity contribution in [2.24, 2.45) is 5.41 Å². The second kappa shape index (κ2) is 9.41. The summed E-state index contributed by atoms with van der Waals surface area (Å²) in [5.41, 5.74) is -0.678. The van der Waals surface area contributed by atoms with Gasteiger partial charge in [0.05, 0.1) is 5.41 Å². The van der Waals surface area contributed by atoms with Crippen LogP contribution in [0.3, 0.4) is 0 Å². The van der Waals surface area contributed by atoms with Crippen LogP contribution in [0, 0.1) is 5.41 Å². The minimum absolute atomic E-state index is 0.00222. The third-order valence-electron chi connectivity index (χ3n) is 3.81. The van der Waals surface area contributed by atoms with Crippen molar-refractivity contribution in [1.29, 1.82) is 0 Å². The zero-order chi connectivity index (χ0) is 15.6. The fourth-order valence-electron chi connectivity index (χ4n) is 2.44. The molecule has 0 spiro atoms. The highest BCUT2D eigenvalue weighted by Crippen LogP contribution is 2.34. The van der Waals surface area contributed by atoms with Crippen molar-refractivity contribution in [1.82, 2.24) is 0 Å². The molecule has 0 fully saturated rings. The Morgan fingerprint density at radius 2 is 1.25 bits per heavy atom. The van der Waals surface area contributed by atoms with Crippen LogP contribution < -0.4 is 0 Å². The van der Waals surface area contributed by atoms with E-state index in [2.05, 4.69) is 20.8 Å². The van der Waals surface area contributed by atoms with Crippen molar-refractivity contribution in [2.45, 2.75) is 105 Å². The SMILES string of the molecule is CCCCCCC(C)(CCCCC)C(=O)OC(C)(C)C. The third-order valence-corrected chi connectivity index (χ3v) is 3.81. The molecule has 0 aromatic rings. The molecule has 120 valence electrons. The number of unbranched alkanes of at least 4 members (excludes halogenated alkanes) is 5. The Labute approximate surface area is 126 Å². The van der Waals surface area contributed by atoms with Gasteiger partial charge in [-0.1, -0.05) is 58.8 Å². The Hall–Kier alpha value is -0.530. The lowest BCUT2D eigenvalue weighted by Crippen LogP contribution is -2.36. The summed E-state index contributed by atoms with van der Waals surface area (Å²) in [6.45, 7) is 12.4. The highest BCUT2D eigenvalue weighted by Gasteiger charge is 2.35. The monoisotopic (exact) mass is 284 g/mol. The van der Waals surface area contributed by atoms with E-state index in [9.17, 15) is 4.79 Å². The van der Waals surface area contributed by atoms with Crippen molar-refractivity contribution in [3.63, 3.8) is 0 Å². The maximum absolute atomic E-state index is 12.5. The van der Waals surface area contributed by atoms with Crippen molar-refractivity contribution in [3.05, 3.63) is 0 Å². The first-order chi connectivity index (χ1) is 9.25. The standard InChI is InChI=1S/C18H36O2/c1-7-9-11-13-15-18(6,14-12-10-8-2)16(19)20-17(3,4)5/h7-15H2,1-6H3. The lowest BCUT2D eigenvalue weighted by Gasteiger charge is -2.31. The Balaban J connectivity index is 4.54. The molecule has 0 aromatic carbocycles. The summed E-state index contributed by atoms with van der Waals surface area (Å²) < 4.78 is 5.65. The molecular formula is C18H36O2. The zero-order valence-electron chi connectivity index (χ0n) is 14.7. The number of rotatable bonds is 10. The molecule has 2 heteroatoms. The van der Waals surface area contributed by atoms with Crippen molar-refractivity contribution in [2.75, 3.05) is 0 Å². The Morgan fingerprint density at radius 1 is 0.800 bits per heavy atom. The van der Waals surface area contributed by atoms with Crippen LogP contribution >= 0.6 is 0 Å². The molecule has 0 bridgehead atoms. The van der Waals surface area contributed by atoms with Gasteiger partial charge in [0.15, 0.2) is 0 Å². The van der Waals surface area contributed by atoms with Crippen molar-refractivity contribution < 1.29 is 9.53 Å². The number of hydrogen-bond donors (Lipinski definition) is 0. The predicted octanol–water partition coefficient (Wildman–Crippen LogP) is 5.89. The van der Waals surface area contributed by atoms with E-state index >= 15 is 0 Å². The highest BCUT2D eigenvalue weighted by molar-refractivity contribution is 5.76. The van der Waals surface area contributed by atoms with Crippen LogP contribution in [0.2, 0.25) is 0 Å². The number of esters is 1. The van der Waals surface area contributed by atoms with E-state index in [4.69, 9.17) is 4.74 Å². The topological polar surface area (TPSA) is 26.3 Å². The predicted molar refractivity (Wildman–Crippen MR) is 86.9 cm³/mol. The number of hydrogen-bond acceptors (Lipinski definition) is 2. The van der Waals surface area contributed by atoms with Gasteiger partial charge < -0.3 is 4.74 Å².